The van der Waals surface area contributed by atoms with Gasteiger partial charge in [0.2, 0.25) is 0 Å². The van der Waals surface area contributed by atoms with E-state index in [-0.39, 0.29) is 17.4 Å². The Morgan fingerprint density at radius 1 is 1.11 bits per heavy atom. The van der Waals surface area contributed by atoms with Crippen molar-refractivity contribution in [3.05, 3.63) is 64.2 Å². The van der Waals surface area contributed by atoms with Gasteiger partial charge >= 0.3 is 0 Å². The van der Waals surface area contributed by atoms with Crippen LogP contribution in [0.4, 0.5) is 11.4 Å². The highest BCUT2D eigenvalue weighted by Gasteiger charge is 2.15. The van der Waals surface area contributed by atoms with E-state index in [0.29, 0.717) is 24.6 Å². The Morgan fingerprint density at radius 3 is 2.52 bits per heavy atom. The summed E-state index contributed by atoms with van der Waals surface area (Å²) in [6.07, 6.45) is 0.781. The summed E-state index contributed by atoms with van der Waals surface area (Å²) in [7, 11) is -1.12. The van der Waals surface area contributed by atoms with Crippen molar-refractivity contribution in [2.45, 2.75) is 32.1 Å². The van der Waals surface area contributed by atoms with Gasteiger partial charge in [-0.05, 0) is 24.1 Å². The highest BCUT2D eigenvalue weighted by molar-refractivity contribution is 6.76. The molecule has 0 spiro atoms. The minimum Gasteiger partial charge on any atom is -0.467 e. The number of nitro groups is 1. The molecule has 0 heterocycles. The lowest BCUT2D eigenvalue weighted by atomic mass is 10.1. The molecule has 0 radical (unpaired) electrons. The standard InChI is InChI=1S/C20H28N2O4Si/c1-27(2,3)14-13-25-16-26-18-9-10-20(22(23)24)19(15-18)21-12-11-17-7-5-4-6-8-17/h4-10,15,21H,11-14,16H2,1-3H3. The van der Waals surface area contributed by atoms with Crippen LogP contribution in [0.2, 0.25) is 25.7 Å². The summed E-state index contributed by atoms with van der Waals surface area (Å²) in [6.45, 7) is 8.29. The van der Waals surface area contributed by atoms with E-state index < -0.39 is 8.07 Å². The largest absolute Gasteiger partial charge is 0.467 e. The molecule has 0 saturated heterocycles. The third-order valence-corrected chi connectivity index (χ3v) is 5.75. The fourth-order valence-electron chi connectivity index (χ4n) is 2.44. The first-order valence-corrected chi connectivity index (χ1v) is 12.8. The second-order valence-corrected chi connectivity index (χ2v) is 13.2. The number of nitrogens with zero attached hydrogens (tertiary/aromatic N) is 1. The molecule has 2 rings (SSSR count). The van der Waals surface area contributed by atoms with E-state index in [2.05, 4.69) is 25.0 Å². The highest BCUT2D eigenvalue weighted by atomic mass is 28.3. The maximum absolute atomic E-state index is 11.3. The SMILES string of the molecule is C[Si](C)(C)CCOCOc1ccc([N+](=O)[O-])c(NCCc2ccccc2)c1. The Kier molecular flexibility index (Phi) is 7.81. The molecule has 0 bridgehead atoms. The number of anilines is 1. The zero-order valence-corrected chi connectivity index (χ0v) is 17.2. The molecule has 0 aliphatic heterocycles. The van der Waals surface area contributed by atoms with Crippen molar-refractivity contribution >= 4 is 19.4 Å². The predicted octanol–water partition coefficient (Wildman–Crippen LogP) is 4.94. The molecule has 0 aliphatic carbocycles. The Labute approximate surface area is 161 Å². The van der Waals surface area contributed by atoms with E-state index >= 15 is 0 Å². The van der Waals surface area contributed by atoms with Gasteiger partial charge in [-0.2, -0.15) is 0 Å². The van der Waals surface area contributed by atoms with E-state index in [1.54, 1.807) is 12.1 Å². The normalized spacial score (nSPS) is 11.2. The molecule has 6 nitrogen and oxygen atoms in total. The molecule has 2 aromatic carbocycles. The number of ether oxygens (including phenoxy) is 2. The van der Waals surface area contributed by atoms with Crippen molar-refractivity contribution in [2.75, 3.05) is 25.3 Å². The maximum Gasteiger partial charge on any atom is 0.292 e. The minimum absolute atomic E-state index is 0.0371. The molecule has 2 aromatic rings. The number of hydrogen-bond donors (Lipinski definition) is 1. The molecule has 0 aromatic heterocycles. The van der Waals surface area contributed by atoms with Crippen LogP contribution >= 0.6 is 0 Å². The third kappa shape index (κ3) is 7.80. The molecule has 0 atom stereocenters. The van der Waals surface area contributed by atoms with Gasteiger partial charge in [0.1, 0.15) is 11.4 Å². The second kappa shape index (κ2) is 10.1. The zero-order valence-electron chi connectivity index (χ0n) is 16.2. The molecule has 0 unspecified atom stereocenters. The first-order valence-electron chi connectivity index (χ1n) is 9.12. The minimum atomic E-state index is -1.12. The van der Waals surface area contributed by atoms with E-state index in [9.17, 15) is 10.1 Å². The average Bonchev–Trinajstić information content (AvgIpc) is 2.61. The van der Waals surface area contributed by atoms with Gasteiger partial charge in [-0.3, -0.25) is 10.1 Å². The fourth-order valence-corrected chi connectivity index (χ4v) is 3.20. The highest BCUT2D eigenvalue weighted by Crippen LogP contribution is 2.29. The van der Waals surface area contributed by atoms with Crippen LogP contribution in [0.1, 0.15) is 5.56 Å². The molecular formula is C20H28N2O4Si. The Hall–Kier alpha value is -2.38. The smallest absolute Gasteiger partial charge is 0.292 e. The van der Waals surface area contributed by atoms with Crippen molar-refractivity contribution in [1.82, 2.24) is 0 Å². The van der Waals surface area contributed by atoms with Crippen molar-refractivity contribution in [3.8, 4) is 5.75 Å². The first-order chi connectivity index (χ1) is 12.8. The summed E-state index contributed by atoms with van der Waals surface area (Å²) >= 11 is 0. The Bertz CT molecular complexity index is 733. The van der Waals surface area contributed by atoms with Gasteiger partial charge in [0.15, 0.2) is 6.79 Å². The summed E-state index contributed by atoms with van der Waals surface area (Å²) in [5, 5.41) is 14.4. The van der Waals surface area contributed by atoms with Crippen LogP contribution in [0.5, 0.6) is 5.75 Å². The number of benzene rings is 2. The molecule has 1 N–H and O–H groups in total. The second-order valence-electron chi connectivity index (χ2n) is 7.58. The van der Waals surface area contributed by atoms with Gasteiger partial charge < -0.3 is 14.8 Å². The van der Waals surface area contributed by atoms with Crippen molar-refractivity contribution < 1.29 is 14.4 Å². The average molecular weight is 389 g/mol. The van der Waals surface area contributed by atoms with Crippen molar-refractivity contribution in [3.63, 3.8) is 0 Å². The number of hydrogen-bond acceptors (Lipinski definition) is 5. The summed E-state index contributed by atoms with van der Waals surface area (Å²) < 4.78 is 11.1. The molecule has 27 heavy (non-hydrogen) atoms. The van der Waals surface area contributed by atoms with Crippen LogP contribution in [-0.4, -0.2) is 32.9 Å². The van der Waals surface area contributed by atoms with E-state index in [1.165, 1.54) is 11.6 Å². The van der Waals surface area contributed by atoms with Crippen LogP contribution in [0.15, 0.2) is 48.5 Å². The predicted molar refractivity (Wildman–Crippen MR) is 111 cm³/mol. The van der Waals surface area contributed by atoms with Crippen LogP contribution in [0.3, 0.4) is 0 Å². The quantitative estimate of drug-likeness (QED) is 0.194. The van der Waals surface area contributed by atoms with Crippen molar-refractivity contribution in [2.24, 2.45) is 0 Å². The molecule has 0 fully saturated rings. The van der Waals surface area contributed by atoms with Crippen LogP contribution in [0.25, 0.3) is 0 Å². The topological polar surface area (TPSA) is 73.6 Å². The van der Waals surface area contributed by atoms with Gasteiger partial charge in [0.25, 0.3) is 5.69 Å². The van der Waals surface area contributed by atoms with Gasteiger partial charge in [-0.25, -0.2) is 0 Å². The lowest BCUT2D eigenvalue weighted by molar-refractivity contribution is -0.384. The molecule has 146 valence electrons. The molecule has 7 heteroatoms. The molecule has 0 aliphatic rings. The monoisotopic (exact) mass is 388 g/mol. The van der Waals surface area contributed by atoms with Crippen LogP contribution in [-0.2, 0) is 11.2 Å². The number of nitrogens with one attached hydrogen (secondary N) is 1. The zero-order chi connectivity index (χ0) is 19.7. The Morgan fingerprint density at radius 2 is 1.85 bits per heavy atom. The lowest BCUT2D eigenvalue weighted by Crippen LogP contribution is -2.22. The molecule has 0 amide bonds. The molecule has 0 saturated carbocycles. The summed E-state index contributed by atoms with van der Waals surface area (Å²) in [5.74, 6) is 0.552. The van der Waals surface area contributed by atoms with Gasteiger partial charge in [0, 0.05) is 33.4 Å². The van der Waals surface area contributed by atoms with E-state index in [4.69, 9.17) is 9.47 Å². The summed E-state index contributed by atoms with van der Waals surface area (Å²) in [6, 6.07) is 15.8. The van der Waals surface area contributed by atoms with Crippen LogP contribution in [0, 0.1) is 10.1 Å². The first kappa shape index (κ1) is 20.9. The lowest BCUT2D eigenvalue weighted by Gasteiger charge is -2.15. The molecular weight excluding hydrogens is 360 g/mol. The third-order valence-electron chi connectivity index (χ3n) is 4.04. The van der Waals surface area contributed by atoms with Gasteiger partial charge in [0.05, 0.1) is 4.92 Å². The van der Waals surface area contributed by atoms with Crippen molar-refractivity contribution in [1.29, 1.82) is 0 Å². The maximum atomic E-state index is 11.3. The summed E-state index contributed by atoms with van der Waals surface area (Å²) in [5.41, 5.74) is 1.67. The van der Waals surface area contributed by atoms with E-state index in [1.807, 2.05) is 30.3 Å². The van der Waals surface area contributed by atoms with Gasteiger partial charge in [-0.1, -0.05) is 50.0 Å². The Balaban J connectivity index is 1.90. The number of nitro benzene ring substituents is 1. The number of rotatable bonds is 11. The summed E-state index contributed by atoms with van der Waals surface area (Å²) in [4.78, 5) is 10.9. The van der Waals surface area contributed by atoms with E-state index in [0.717, 1.165) is 12.5 Å². The van der Waals surface area contributed by atoms with Crippen LogP contribution < -0.4 is 10.1 Å². The van der Waals surface area contributed by atoms with Gasteiger partial charge in [-0.15, -0.1) is 0 Å². The fraction of sp³-hybridized carbons (Fsp3) is 0.400.